The van der Waals surface area contributed by atoms with Gasteiger partial charge in [-0.3, -0.25) is 9.36 Å². The molecular formula is C29H33N7O3. The van der Waals surface area contributed by atoms with E-state index in [1.807, 2.05) is 50.5 Å². The number of hydrogen-bond donors (Lipinski definition) is 2. The van der Waals surface area contributed by atoms with Crippen LogP contribution < -0.4 is 25.8 Å². The zero-order valence-corrected chi connectivity index (χ0v) is 22.5. The summed E-state index contributed by atoms with van der Waals surface area (Å²) in [5.74, 6) is 1.23. The van der Waals surface area contributed by atoms with Gasteiger partial charge in [0, 0.05) is 36.9 Å². The Labute approximate surface area is 227 Å². The van der Waals surface area contributed by atoms with Gasteiger partial charge in [-0.15, -0.1) is 0 Å². The number of nitrogens with zero attached hydrogens (tertiary/aromatic N) is 5. The van der Waals surface area contributed by atoms with E-state index in [0.717, 1.165) is 46.9 Å². The average Bonchev–Trinajstić information content (AvgIpc) is 2.90. The van der Waals surface area contributed by atoms with Gasteiger partial charge < -0.3 is 29.9 Å². The molecule has 4 aromatic rings. The monoisotopic (exact) mass is 527 g/mol. The van der Waals surface area contributed by atoms with Gasteiger partial charge in [0.1, 0.15) is 23.7 Å². The Morgan fingerprint density at radius 2 is 1.97 bits per heavy atom. The van der Waals surface area contributed by atoms with Crippen molar-refractivity contribution in [2.75, 3.05) is 69.1 Å². The molecule has 10 heteroatoms. The number of anilines is 5. The first kappa shape index (κ1) is 25.1. The van der Waals surface area contributed by atoms with Crippen LogP contribution in [0.15, 0.2) is 59.5 Å². The quantitative estimate of drug-likeness (QED) is 0.353. The molecule has 0 saturated carbocycles. The van der Waals surface area contributed by atoms with Crippen LogP contribution in [-0.4, -0.2) is 73.0 Å². The molecule has 0 unspecified atom stereocenters. The minimum absolute atomic E-state index is 0.0683. The van der Waals surface area contributed by atoms with E-state index < -0.39 is 0 Å². The second kappa shape index (κ2) is 10.5. The molecule has 2 N–H and O–H groups in total. The molecule has 39 heavy (non-hydrogen) atoms. The third-order valence-corrected chi connectivity index (χ3v) is 7.13. The molecule has 2 aromatic heterocycles. The van der Waals surface area contributed by atoms with Crippen LogP contribution in [0, 0.1) is 6.92 Å². The van der Waals surface area contributed by atoms with Crippen LogP contribution in [0.4, 0.5) is 28.7 Å². The van der Waals surface area contributed by atoms with Crippen molar-refractivity contribution in [2.24, 2.45) is 0 Å². The van der Waals surface area contributed by atoms with Crippen LogP contribution in [0.25, 0.3) is 11.0 Å². The third-order valence-electron chi connectivity index (χ3n) is 7.13. The van der Waals surface area contributed by atoms with Crippen LogP contribution in [0.5, 0.6) is 5.75 Å². The van der Waals surface area contributed by atoms with E-state index in [2.05, 4.69) is 44.5 Å². The number of likely N-dealkylation sites (N-methyl/N-ethyl adjacent to an activating group) is 1. The fourth-order valence-electron chi connectivity index (χ4n) is 4.95. The molecule has 6 rings (SSSR count). The Balaban J connectivity index is 1.33. The SMILES string of the molecule is Cc1cccc2c1NCCN2c1cc2cnc(Nc3ccc(OCCN(C)C)cc3)nc2n(C2COC2)c1=O. The highest BCUT2D eigenvalue weighted by Gasteiger charge is 2.29. The summed E-state index contributed by atoms with van der Waals surface area (Å²) in [4.78, 5) is 27.5. The molecule has 1 saturated heterocycles. The maximum atomic E-state index is 14.0. The zero-order chi connectivity index (χ0) is 26.9. The van der Waals surface area contributed by atoms with Crippen LogP contribution in [0.1, 0.15) is 11.6 Å². The fourth-order valence-corrected chi connectivity index (χ4v) is 4.95. The number of rotatable bonds is 8. The predicted molar refractivity (Wildman–Crippen MR) is 154 cm³/mol. The van der Waals surface area contributed by atoms with Crippen molar-refractivity contribution in [1.82, 2.24) is 19.4 Å². The van der Waals surface area contributed by atoms with Crippen molar-refractivity contribution in [2.45, 2.75) is 13.0 Å². The Kier molecular flexibility index (Phi) is 6.80. The lowest BCUT2D eigenvalue weighted by Crippen LogP contribution is -2.41. The number of fused-ring (bicyclic) bond motifs is 2. The average molecular weight is 528 g/mol. The highest BCUT2D eigenvalue weighted by molar-refractivity contribution is 5.85. The van der Waals surface area contributed by atoms with Crippen molar-refractivity contribution >= 4 is 39.7 Å². The number of para-hydroxylation sites is 1. The molecule has 2 aliphatic rings. The number of aromatic nitrogens is 3. The predicted octanol–water partition coefficient (Wildman–Crippen LogP) is 3.92. The summed E-state index contributed by atoms with van der Waals surface area (Å²) in [5, 5.41) is 7.55. The van der Waals surface area contributed by atoms with E-state index in [0.29, 0.717) is 43.6 Å². The van der Waals surface area contributed by atoms with Crippen LogP contribution in [-0.2, 0) is 4.74 Å². The number of ether oxygens (including phenoxy) is 2. The van der Waals surface area contributed by atoms with Crippen LogP contribution in [0.3, 0.4) is 0 Å². The summed E-state index contributed by atoms with van der Waals surface area (Å²) in [7, 11) is 4.03. The third kappa shape index (κ3) is 5.00. The summed E-state index contributed by atoms with van der Waals surface area (Å²) in [5.41, 5.74) is 5.19. The standard InChI is InChI=1S/C29H33N7O3/c1-19-5-4-6-24-26(19)30-11-12-35(24)25-15-20-16-31-29(33-27(20)36(28(25)37)22-17-38-18-22)32-21-7-9-23(10-8-21)39-14-13-34(2)3/h4-10,15-16,22,30H,11-14,17-18H2,1-3H3,(H,31,32,33). The summed E-state index contributed by atoms with van der Waals surface area (Å²) in [6.07, 6.45) is 1.78. The van der Waals surface area contributed by atoms with E-state index in [9.17, 15) is 4.79 Å². The Morgan fingerprint density at radius 1 is 1.15 bits per heavy atom. The number of pyridine rings is 1. The molecule has 10 nitrogen and oxygen atoms in total. The molecule has 1 fully saturated rings. The lowest BCUT2D eigenvalue weighted by atomic mass is 10.1. The normalized spacial score (nSPS) is 15.1. The van der Waals surface area contributed by atoms with Gasteiger partial charge in [0.15, 0.2) is 0 Å². The minimum atomic E-state index is -0.0750. The lowest BCUT2D eigenvalue weighted by molar-refractivity contribution is -0.0230. The molecule has 0 amide bonds. The number of aryl methyl sites for hydroxylation is 1. The fraction of sp³-hybridized carbons (Fsp3) is 0.345. The Morgan fingerprint density at radius 3 is 2.72 bits per heavy atom. The molecule has 4 heterocycles. The smallest absolute Gasteiger partial charge is 0.276 e. The molecule has 0 bridgehead atoms. The van der Waals surface area contributed by atoms with Crippen molar-refractivity contribution in [3.63, 3.8) is 0 Å². The van der Waals surface area contributed by atoms with Gasteiger partial charge in [-0.05, 0) is 63.0 Å². The molecule has 0 atom stereocenters. The first-order chi connectivity index (χ1) is 19.0. The van der Waals surface area contributed by atoms with E-state index in [-0.39, 0.29) is 11.6 Å². The maximum absolute atomic E-state index is 14.0. The maximum Gasteiger partial charge on any atom is 0.276 e. The van der Waals surface area contributed by atoms with E-state index >= 15 is 0 Å². The Bertz CT molecular complexity index is 1550. The van der Waals surface area contributed by atoms with Crippen LogP contribution in [0.2, 0.25) is 0 Å². The summed E-state index contributed by atoms with van der Waals surface area (Å²) >= 11 is 0. The summed E-state index contributed by atoms with van der Waals surface area (Å²) in [6.45, 7) is 5.95. The molecule has 0 spiro atoms. The summed E-state index contributed by atoms with van der Waals surface area (Å²) in [6, 6.07) is 15.7. The topological polar surface area (TPSA) is 96.8 Å². The van der Waals surface area contributed by atoms with Crippen molar-refractivity contribution < 1.29 is 9.47 Å². The molecule has 2 aliphatic heterocycles. The van der Waals surface area contributed by atoms with Gasteiger partial charge in [-0.25, -0.2) is 4.98 Å². The second-order valence-corrected chi connectivity index (χ2v) is 10.2. The van der Waals surface area contributed by atoms with Crippen molar-refractivity contribution in [3.05, 3.63) is 70.6 Å². The first-order valence-electron chi connectivity index (χ1n) is 13.2. The van der Waals surface area contributed by atoms with Gasteiger partial charge >= 0.3 is 0 Å². The van der Waals surface area contributed by atoms with Gasteiger partial charge in [0.2, 0.25) is 5.95 Å². The second-order valence-electron chi connectivity index (χ2n) is 10.2. The number of hydrogen-bond acceptors (Lipinski definition) is 9. The lowest BCUT2D eigenvalue weighted by Gasteiger charge is -2.34. The van der Waals surface area contributed by atoms with E-state index in [1.54, 1.807) is 10.8 Å². The number of benzene rings is 2. The van der Waals surface area contributed by atoms with Gasteiger partial charge in [0.05, 0.1) is 30.6 Å². The van der Waals surface area contributed by atoms with Crippen molar-refractivity contribution in [3.8, 4) is 5.75 Å². The van der Waals surface area contributed by atoms with Gasteiger partial charge in [-0.1, -0.05) is 12.1 Å². The van der Waals surface area contributed by atoms with Crippen LogP contribution >= 0.6 is 0 Å². The van der Waals surface area contributed by atoms with E-state index in [1.165, 1.54) is 0 Å². The minimum Gasteiger partial charge on any atom is -0.492 e. The van der Waals surface area contributed by atoms with Crippen molar-refractivity contribution in [1.29, 1.82) is 0 Å². The molecule has 202 valence electrons. The van der Waals surface area contributed by atoms with E-state index in [4.69, 9.17) is 14.5 Å². The summed E-state index contributed by atoms with van der Waals surface area (Å²) < 4.78 is 13.0. The highest BCUT2D eigenvalue weighted by atomic mass is 16.5. The van der Waals surface area contributed by atoms with Gasteiger partial charge in [-0.2, -0.15) is 4.98 Å². The highest BCUT2D eigenvalue weighted by Crippen LogP contribution is 2.36. The zero-order valence-electron chi connectivity index (χ0n) is 22.5. The number of nitrogens with one attached hydrogen (secondary N) is 2. The molecule has 0 radical (unpaired) electrons. The largest absolute Gasteiger partial charge is 0.492 e. The Hall–Kier alpha value is -4.15. The first-order valence-corrected chi connectivity index (χ1v) is 13.2. The molecule has 2 aromatic carbocycles. The molecular weight excluding hydrogens is 494 g/mol. The van der Waals surface area contributed by atoms with Gasteiger partial charge in [0.25, 0.3) is 5.56 Å². The molecule has 0 aliphatic carbocycles.